The first kappa shape index (κ1) is 13.6. The summed E-state index contributed by atoms with van der Waals surface area (Å²) in [5, 5.41) is 14.8. The van der Waals surface area contributed by atoms with Crippen LogP contribution in [0.25, 0.3) is 0 Å². The van der Waals surface area contributed by atoms with E-state index in [-0.39, 0.29) is 5.91 Å². The molecule has 4 nitrogen and oxygen atoms in total. The van der Waals surface area contributed by atoms with Gasteiger partial charge in [0.15, 0.2) is 0 Å². The molecule has 0 radical (unpaired) electrons. The Hall–Kier alpha value is -2.80. The molecular formula is C16H15N3O. The van der Waals surface area contributed by atoms with E-state index in [1.54, 1.807) is 12.1 Å². The number of anilines is 2. The predicted molar refractivity (Wildman–Crippen MR) is 79.2 cm³/mol. The van der Waals surface area contributed by atoms with Gasteiger partial charge in [-0.15, -0.1) is 0 Å². The van der Waals surface area contributed by atoms with Crippen LogP contribution in [0.5, 0.6) is 0 Å². The van der Waals surface area contributed by atoms with Gasteiger partial charge in [0.05, 0.1) is 11.6 Å². The van der Waals surface area contributed by atoms with Crippen LogP contribution in [0.3, 0.4) is 0 Å². The summed E-state index contributed by atoms with van der Waals surface area (Å²) in [7, 11) is 0. The molecule has 0 spiro atoms. The summed E-state index contributed by atoms with van der Waals surface area (Å²) in [6.45, 7) is 2.14. The van der Waals surface area contributed by atoms with Crippen molar-refractivity contribution in [2.75, 3.05) is 10.6 Å². The van der Waals surface area contributed by atoms with Gasteiger partial charge in [-0.25, -0.2) is 0 Å². The average Bonchev–Trinajstić information content (AvgIpc) is 2.45. The third-order valence-electron chi connectivity index (χ3n) is 2.76. The van der Waals surface area contributed by atoms with Gasteiger partial charge in [0, 0.05) is 24.8 Å². The number of rotatable bonds is 4. The van der Waals surface area contributed by atoms with E-state index in [9.17, 15) is 4.79 Å². The van der Waals surface area contributed by atoms with Gasteiger partial charge in [-0.2, -0.15) is 5.26 Å². The quantitative estimate of drug-likeness (QED) is 0.892. The molecule has 0 aromatic heterocycles. The predicted octanol–water partition coefficient (Wildman–Crippen LogP) is 3.13. The van der Waals surface area contributed by atoms with Crippen molar-refractivity contribution in [2.45, 2.75) is 13.5 Å². The first-order valence-electron chi connectivity index (χ1n) is 6.28. The smallest absolute Gasteiger partial charge is 0.221 e. The molecule has 0 atom stereocenters. The Morgan fingerprint density at radius 3 is 2.50 bits per heavy atom. The van der Waals surface area contributed by atoms with Crippen LogP contribution in [0.2, 0.25) is 0 Å². The highest BCUT2D eigenvalue weighted by Crippen LogP contribution is 2.16. The van der Waals surface area contributed by atoms with Gasteiger partial charge in [0.1, 0.15) is 0 Å². The fraction of sp³-hybridized carbons (Fsp3) is 0.125. The van der Waals surface area contributed by atoms with Gasteiger partial charge < -0.3 is 10.6 Å². The second-order valence-corrected chi connectivity index (χ2v) is 4.42. The minimum Gasteiger partial charge on any atom is -0.381 e. The Balaban J connectivity index is 1.99. The Morgan fingerprint density at radius 2 is 1.85 bits per heavy atom. The van der Waals surface area contributed by atoms with E-state index in [0.717, 1.165) is 16.9 Å². The molecule has 0 saturated carbocycles. The number of benzene rings is 2. The van der Waals surface area contributed by atoms with Crippen LogP contribution in [-0.2, 0) is 11.3 Å². The summed E-state index contributed by atoms with van der Waals surface area (Å²) in [5.41, 5.74) is 3.44. The Labute approximate surface area is 118 Å². The molecule has 4 heteroatoms. The van der Waals surface area contributed by atoms with Crippen LogP contribution in [0, 0.1) is 11.3 Å². The van der Waals surface area contributed by atoms with Crippen LogP contribution in [-0.4, -0.2) is 5.91 Å². The van der Waals surface area contributed by atoms with E-state index in [1.807, 2.05) is 36.4 Å². The number of hydrogen-bond donors (Lipinski definition) is 2. The SMILES string of the molecule is CC(=O)Nc1cccc(NCc2ccc(C#N)cc2)c1. The van der Waals surface area contributed by atoms with E-state index >= 15 is 0 Å². The number of amides is 1. The maximum atomic E-state index is 11.0. The molecule has 1 amide bonds. The number of nitriles is 1. The zero-order chi connectivity index (χ0) is 14.4. The van der Waals surface area contributed by atoms with Gasteiger partial charge in [-0.05, 0) is 35.9 Å². The fourth-order valence-corrected chi connectivity index (χ4v) is 1.81. The van der Waals surface area contributed by atoms with Crippen molar-refractivity contribution >= 4 is 17.3 Å². The second-order valence-electron chi connectivity index (χ2n) is 4.42. The lowest BCUT2D eigenvalue weighted by Crippen LogP contribution is -2.06. The minimum absolute atomic E-state index is 0.0887. The third kappa shape index (κ3) is 3.85. The summed E-state index contributed by atoms with van der Waals surface area (Å²) in [4.78, 5) is 11.0. The van der Waals surface area contributed by atoms with Gasteiger partial charge in [0.2, 0.25) is 5.91 Å². The topological polar surface area (TPSA) is 64.9 Å². The first-order valence-corrected chi connectivity index (χ1v) is 6.28. The molecule has 0 unspecified atom stereocenters. The lowest BCUT2D eigenvalue weighted by Gasteiger charge is -2.09. The largest absolute Gasteiger partial charge is 0.381 e. The average molecular weight is 265 g/mol. The Kier molecular flexibility index (Phi) is 4.35. The van der Waals surface area contributed by atoms with Crippen molar-refractivity contribution in [1.82, 2.24) is 0 Å². The monoisotopic (exact) mass is 265 g/mol. The highest BCUT2D eigenvalue weighted by Gasteiger charge is 1.98. The maximum absolute atomic E-state index is 11.0. The van der Waals surface area contributed by atoms with Gasteiger partial charge >= 0.3 is 0 Å². The van der Waals surface area contributed by atoms with Crippen LogP contribution < -0.4 is 10.6 Å². The highest BCUT2D eigenvalue weighted by atomic mass is 16.1. The van der Waals surface area contributed by atoms with Gasteiger partial charge in [0.25, 0.3) is 0 Å². The zero-order valence-corrected chi connectivity index (χ0v) is 11.2. The van der Waals surface area contributed by atoms with Crippen LogP contribution in [0.4, 0.5) is 11.4 Å². The van der Waals surface area contributed by atoms with Crippen molar-refractivity contribution < 1.29 is 4.79 Å². The van der Waals surface area contributed by atoms with E-state index in [4.69, 9.17) is 5.26 Å². The van der Waals surface area contributed by atoms with Gasteiger partial charge in [-0.1, -0.05) is 18.2 Å². The second kappa shape index (κ2) is 6.39. The van der Waals surface area contributed by atoms with Crippen LogP contribution >= 0.6 is 0 Å². The summed E-state index contributed by atoms with van der Waals surface area (Å²) in [5.74, 6) is -0.0887. The molecule has 0 aliphatic heterocycles. The lowest BCUT2D eigenvalue weighted by atomic mass is 10.1. The molecule has 0 aliphatic carbocycles. The molecule has 0 heterocycles. The number of nitrogens with zero attached hydrogens (tertiary/aromatic N) is 1. The van der Waals surface area contributed by atoms with Crippen molar-refractivity contribution in [3.05, 3.63) is 59.7 Å². The number of carbonyl (C=O) groups is 1. The summed E-state index contributed by atoms with van der Waals surface area (Å²) in [6, 6.07) is 17.1. The Bertz CT molecular complexity index is 642. The molecule has 0 saturated heterocycles. The van der Waals surface area contributed by atoms with Crippen LogP contribution in [0.1, 0.15) is 18.1 Å². The summed E-state index contributed by atoms with van der Waals surface area (Å²) >= 11 is 0. The van der Waals surface area contributed by atoms with E-state index in [2.05, 4.69) is 16.7 Å². The maximum Gasteiger partial charge on any atom is 0.221 e. The highest BCUT2D eigenvalue weighted by molar-refractivity contribution is 5.89. The third-order valence-corrected chi connectivity index (χ3v) is 2.76. The van der Waals surface area contributed by atoms with Crippen molar-refractivity contribution in [3.63, 3.8) is 0 Å². The number of nitrogens with one attached hydrogen (secondary N) is 2. The summed E-state index contributed by atoms with van der Waals surface area (Å²) in [6.07, 6.45) is 0. The minimum atomic E-state index is -0.0887. The standard InChI is InChI=1S/C16H15N3O/c1-12(20)19-16-4-2-3-15(9-16)18-11-14-7-5-13(10-17)6-8-14/h2-9,18H,11H2,1H3,(H,19,20). The summed E-state index contributed by atoms with van der Waals surface area (Å²) < 4.78 is 0. The normalized spacial score (nSPS) is 9.60. The molecule has 2 rings (SSSR count). The molecule has 2 aromatic carbocycles. The molecule has 0 aliphatic rings. The zero-order valence-electron chi connectivity index (χ0n) is 11.2. The van der Waals surface area contributed by atoms with Crippen LogP contribution in [0.15, 0.2) is 48.5 Å². The van der Waals surface area contributed by atoms with Crippen molar-refractivity contribution in [2.24, 2.45) is 0 Å². The van der Waals surface area contributed by atoms with Crippen molar-refractivity contribution in [3.8, 4) is 6.07 Å². The van der Waals surface area contributed by atoms with E-state index in [1.165, 1.54) is 6.92 Å². The molecule has 100 valence electrons. The number of carbonyl (C=O) groups excluding carboxylic acids is 1. The molecule has 2 N–H and O–H groups in total. The number of hydrogen-bond acceptors (Lipinski definition) is 3. The fourth-order valence-electron chi connectivity index (χ4n) is 1.81. The molecular weight excluding hydrogens is 250 g/mol. The molecule has 20 heavy (non-hydrogen) atoms. The Morgan fingerprint density at radius 1 is 1.15 bits per heavy atom. The van der Waals surface area contributed by atoms with E-state index in [0.29, 0.717) is 12.1 Å². The molecule has 0 bridgehead atoms. The first-order chi connectivity index (χ1) is 9.67. The lowest BCUT2D eigenvalue weighted by molar-refractivity contribution is -0.114. The molecule has 2 aromatic rings. The van der Waals surface area contributed by atoms with Gasteiger partial charge in [-0.3, -0.25) is 4.79 Å². The molecule has 0 fully saturated rings. The van der Waals surface area contributed by atoms with Crippen molar-refractivity contribution in [1.29, 1.82) is 5.26 Å². The van der Waals surface area contributed by atoms with E-state index < -0.39 is 0 Å².